The zero-order chi connectivity index (χ0) is 22.5. The van der Waals surface area contributed by atoms with Crippen LogP contribution in [0.25, 0.3) is 5.69 Å². The van der Waals surface area contributed by atoms with Gasteiger partial charge < -0.3 is 14.2 Å². The maximum absolute atomic E-state index is 13.2. The Morgan fingerprint density at radius 1 is 1.12 bits per heavy atom. The van der Waals surface area contributed by atoms with Gasteiger partial charge >= 0.3 is 0 Å². The second-order valence-corrected chi connectivity index (χ2v) is 8.27. The highest BCUT2D eigenvalue weighted by Gasteiger charge is 2.26. The zero-order valence-electron chi connectivity index (χ0n) is 18.2. The SMILES string of the molecule is O=C(c1cc(COc2ccc(-n3cncn3)cc2)on1)N(Cc1ccccc1)CC1CCC1. The van der Waals surface area contributed by atoms with E-state index in [-0.39, 0.29) is 12.5 Å². The van der Waals surface area contributed by atoms with Gasteiger partial charge in [0, 0.05) is 19.2 Å². The molecule has 168 valence electrons. The molecule has 1 amide bonds. The smallest absolute Gasteiger partial charge is 0.276 e. The Hall–Kier alpha value is -3.94. The second kappa shape index (κ2) is 9.68. The summed E-state index contributed by atoms with van der Waals surface area (Å²) in [7, 11) is 0. The Bertz CT molecular complexity index is 1170. The van der Waals surface area contributed by atoms with Crippen LogP contribution in [0.5, 0.6) is 5.75 Å². The molecule has 0 spiro atoms. The third-order valence-electron chi connectivity index (χ3n) is 5.89. The van der Waals surface area contributed by atoms with Crippen molar-refractivity contribution in [2.75, 3.05) is 6.54 Å². The summed E-state index contributed by atoms with van der Waals surface area (Å²) in [6.45, 7) is 1.49. The Morgan fingerprint density at radius 2 is 1.94 bits per heavy atom. The van der Waals surface area contributed by atoms with Crippen molar-refractivity contribution in [3.8, 4) is 11.4 Å². The Kier molecular flexibility index (Phi) is 6.14. The summed E-state index contributed by atoms with van der Waals surface area (Å²) >= 11 is 0. The summed E-state index contributed by atoms with van der Waals surface area (Å²) < 4.78 is 12.9. The molecule has 0 bridgehead atoms. The molecule has 0 N–H and O–H groups in total. The van der Waals surface area contributed by atoms with Gasteiger partial charge in [0.25, 0.3) is 5.91 Å². The summed E-state index contributed by atoms with van der Waals surface area (Å²) in [6.07, 6.45) is 6.71. The number of hydrogen-bond donors (Lipinski definition) is 0. The van der Waals surface area contributed by atoms with Crippen LogP contribution >= 0.6 is 0 Å². The van der Waals surface area contributed by atoms with E-state index in [1.807, 2.05) is 59.5 Å². The topological polar surface area (TPSA) is 86.3 Å². The van der Waals surface area contributed by atoms with Gasteiger partial charge in [0.1, 0.15) is 25.0 Å². The molecule has 1 aliphatic rings. The average Bonchev–Trinajstić information content (AvgIpc) is 3.52. The number of nitrogens with zero attached hydrogens (tertiary/aromatic N) is 5. The molecule has 2 aromatic carbocycles. The van der Waals surface area contributed by atoms with E-state index in [9.17, 15) is 4.79 Å². The number of aromatic nitrogens is 4. The maximum Gasteiger partial charge on any atom is 0.276 e. The quantitative estimate of drug-likeness (QED) is 0.384. The highest BCUT2D eigenvalue weighted by Crippen LogP contribution is 2.28. The predicted molar refractivity (Wildman–Crippen MR) is 121 cm³/mol. The molecule has 0 radical (unpaired) electrons. The van der Waals surface area contributed by atoms with Crippen molar-refractivity contribution in [3.63, 3.8) is 0 Å². The average molecular weight is 444 g/mol. The summed E-state index contributed by atoms with van der Waals surface area (Å²) in [5, 5.41) is 8.13. The van der Waals surface area contributed by atoms with Gasteiger partial charge in [-0.3, -0.25) is 4.79 Å². The number of hydrogen-bond acceptors (Lipinski definition) is 6. The molecule has 8 nitrogen and oxygen atoms in total. The summed E-state index contributed by atoms with van der Waals surface area (Å²) in [5.41, 5.74) is 2.30. The molecule has 5 rings (SSSR count). The van der Waals surface area contributed by atoms with E-state index in [2.05, 4.69) is 15.2 Å². The van der Waals surface area contributed by atoms with Crippen LogP contribution in [-0.2, 0) is 13.2 Å². The third-order valence-corrected chi connectivity index (χ3v) is 5.89. The highest BCUT2D eigenvalue weighted by atomic mass is 16.5. The Morgan fingerprint density at radius 3 is 2.64 bits per heavy atom. The first-order valence-electron chi connectivity index (χ1n) is 11.1. The Balaban J connectivity index is 1.22. The minimum atomic E-state index is -0.113. The summed E-state index contributed by atoms with van der Waals surface area (Å²) in [4.78, 5) is 19.0. The van der Waals surface area contributed by atoms with E-state index in [4.69, 9.17) is 9.26 Å². The van der Waals surface area contributed by atoms with Crippen molar-refractivity contribution in [2.45, 2.75) is 32.4 Å². The normalized spacial score (nSPS) is 13.5. The monoisotopic (exact) mass is 443 g/mol. The fraction of sp³-hybridized carbons (Fsp3) is 0.280. The molecule has 2 aromatic heterocycles. The van der Waals surface area contributed by atoms with Crippen molar-refractivity contribution in [1.29, 1.82) is 0 Å². The lowest BCUT2D eigenvalue weighted by atomic mass is 9.85. The minimum Gasteiger partial charge on any atom is -0.486 e. The number of rotatable bonds is 9. The van der Waals surface area contributed by atoms with Crippen LogP contribution in [0.2, 0.25) is 0 Å². The predicted octanol–water partition coefficient (Wildman–Crippen LogP) is 4.28. The van der Waals surface area contributed by atoms with Crippen LogP contribution in [0, 0.1) is 5.92 Å². The van der Waals surface area contributed by atoms with Gasteiger partial charge in [0.15, 0.2) is 11.5 Å². The molecular formula is C25H25N5O3. The standard InChI is InChI=1S/C25H25N5O3/c31-25(29(15-20-7-4-8-20)14-19-5-2-1-3-6-19)24-13-23(33-28-24)16-32-22-11-9-21(10-12-22)30-18-26-17-27-30/h1-3,5-6,9-13,17-18,20H,4,7-8,14-16H2. The molecule has 0 unspecified atom stereocenters. The fourth-order valence-electron chi connectivity index (χ4n) is 3.85. The molecule has 1 aliphatic carbocycles. The van der Waals surface area contributed by atoms with Crippen LogP contribution in [0.4, 0.5) is 0 Å². The van der Waals surface area contributed by atoms with Crippen LogP contribution in [-0.4, -0.2) is 37.3 Å². The van der Waals surface area contributed by atoms with Crippen molar-refractivity contribution < 1.29 is 14.1 Å². The van der Waals surface area contributed by atoms with E-state index in [1.165, 1.54) is 25.6 Å². The van der Waals surface area contributed by atoms with Crippen LogP contribution in [0.3, 0.4) is 0 Å². The maximum atomic E-state index is 13.2. The molecule has 4 aromatic rings. The lowest BCUT2D eigenvalue weighted by molar-refractivity contribution is 0.0669. The van der Waals surface area contributed by atoms with Crippen molar-refractivity contribution in [3.05, 3.63) is 90.3 Å². The lowest BCUT2D eigenvalue weighted by Crippen LogP contribution is -2.37. The minimum absolute atomic E-state index is 0.113. The molecular weight excluding hydrogens is 418 g/mol. The van der Waals surface area contributed by atoms with Gasteiger partial charge in [-0.25, -0.2) is 9.67 Å². The highest BCUT2D eigenvalue weighted by molar-refractivity contribution is 5.92. The molecule has 8 heteroatoms. The van der Waals surface area contributed by atoms with Crippen LogP contribution in [0.15, 0.2) is 77.8 Å². The molecule has 0 saturated heterocycles. The molecule has 1 saturated carbocycles. The molecule has 2 heterocycles. The van der Waals surface area contributed by atoms with Gasteiger partial charge in [-0.15, -0.1) is 0 Å². The first kappa shape index (κ1) is 20.9. The molecule has 1 fully saturated rings. The van der Waals surface area contributed by atoms with E-state index >= 15 is 0 Å². The Labute approximate surface area is 191 Å². The van der Waals surface area contributed by atoms with Gasteiger partial charge in [-0.1, -0.05) is 41.9 Å². The van der Waals surface area contributed by atoms with Gasteiger partial charge in [-0.05, 0) is 48.6 Å². The van der Waals surface area contributed by atoms with E-state index < -0.39 is 0 Å². The summed E-state index contributed by atoms with van der Waals surface area (Å²) in [5.74, 6) is 1.63. The fourth-order valence-corrected chi connectivity index (χ4v) is 3.85. The first-order chi connectivity index (χ1) is 16.2. The van der Waals surface area contributed by atoms with Crippen LogP contribution in [0.1, 0.15) is 41.1 Å². The first-order valence-corrected chi connectivity index (χ1v) is 11.1. The molecule has 33 heavy (non-hydrogen) atoms. The van der Waals surface area contributed by atoms with Gasteiger partial charge in [0.2, 0.25) is 0 Å². The second-order valence-electron chi connectivity index (χ2n) is 8.27. The number of carbonyl (C=O) groups excluding carboxylic acids is 1. The molecule has 0 aliphatic heterocycles. The van der Waals surface area contributed by atoms with E-state index in [0.717, 1.165) is 17.8 Å². The van der Waals surface area contributed by atoms with Crippen molar-refractivity contribution in [1.82, 2.24) is 24.8 Å². The van der Waals surface area contributed by atoms with E-state index in [1.54, 1.807) is 17.1 Å². The lowest BCUT2D eigenvalue weighted by Gasteiger charge is -2.32. The third kappa shape index (κ3) is 5.11. The van der Waals surface area contributed by atoms with Crippen molar-refractivity contribution >= 4 is 5.91 Å². The zero-order valence-corrected chi connectivity index (χ0v) is 18.2. The van der Waals surface area contributed by atoms with Crippen molar-refractivity contribution in [2.24, 2.45) is 5.92 Å². The number of amides is 1. The van der Waals surface area contributed by atoms with Gasteiger partial charge in [-0.2, -0.15) is 5.10 Å². The number of benzene rings is 2. The number of carbonyl (C=O) groups is 1. The largest absolute Gasteiger partial charge is 0.486 e. The van der Waals surface area contributed by atoms with Gasteiger partial charge in [0.05, 0.1) is 5.69 Å². The number of ether oxygens (including phenoxy) is 1. The van der Waals surface area contributed by atoms with Crippen LogP contribution < -0.4 is 4.74 Å². The summed E-state index contributed by atoms with van der Waals surface area (Å²) in [6, 6.07) is 19.2. The van der Waals surface area contributed by atoms with E-state index in [0.29, 0.717) is 29.7 Å². The molecule has 0 atom stereocenters.